The van der Waals surface area contributed by atoms with Crippen LogP contribution in [0.3, 0.4) is 0 Å². The highest BCUT2D eigenvalue weighted by atomic mass is 32.3. The van der Waals surface area contributed by atoms with Crippen LogP contribution in [0.5, 0.6) is 0 Å². The number of aryl methyl sites for hydroxylation is 1. The molecule has 0 spiro atoms. The van der Waals surface area contributed by atoms with Crippen LogP contribution in [0.4, 0.5) is 0 Å². The third-order valence-electron chi connectivity index (χ3n) is 9.69. The number of nitrogens with zero attached hydrogens (tertiary/aromatic N) is 1. The van der Waals surface area contributed by atoms with E-state index in [0.717, 1.165) is 5.56 Å². The van der Waals surface area contributed by atoms with Crippen molar-refractivity contribution in [2.75, 3.05) is 6.54 Å². The molecule has 2 heterocycles. The number of aliphatic hydroxyl groups is 1. The number of aliphatic hydroxyl groups excluding tert-OH is 1. The van der Waals surface area contributed by atoms with E-state index in [1.165, 1.54) is 19.9 Å². The first-order valence-corrected chi connectivity index (χ1v) is 21.5. The van der Waals surface area contributed by atoms with E-state index in [-0.39, 0.29) is 39.0 Å². The first kappa shape index (κ1) is 41.4. The molecule has 0 radical (unpaired) electrons. The molecule has 1 aliphatic carbocycles. The molecule has 7 atom stereocenters. The zero-order valence-corrected chi connectivity index (χ0v) is 32.5. The maximum Gasteiger partial charge on any atom is 0.302 e. The molecular formula is C37H50N2O10S3. The Hall–Kier alpha value is -3.37. The largest absolute Gasteiger partial charge is 0.462 e. The highest BCUT2D eigenvalue weighted by Crippen LogP contribution is 2.45. The van der Waals surface area contributed by atoms with Gasteiger partial charge in [0, 0.05) is 50.6 Å². The van der Waals surface area contributed by atoms with Gasteiger partial charge >= 0.3 is 11.9 Å². The van der Waals surface area contributed by atoms with Crippen molar-refractivity contribution >= 4 is 49.0 Å². The van der Waals surface area contributed by atoms with Gasteiger partial charge in [-0.3, -0.25) is 14.4 Å². The molecule has 52 heavy (non-hydrogen) atoms. The summed E-state index contributed by atoms with van der Waals surface area (Å²) in [4.78, 5) is 39.0. The van der Waals surface area contributed by atoms with Gasteiger partial charge in [-0.2, -0.15) is 0 Å². The molecule has 15 heteroatoms. The number of hydrogen-bond acceptors (Lipinski definition) is 11. The molecule has 4 rings (SSSR count). The Balaban J connectivity index is 1.40. The van der Waals surface area contributed by atoms with Crippen molar-refractivity contribution in [3.63, 3.8) is 0 Å². The number of sulfonamides is 1. The number of primary sulfonamides is 1. The first-order valence-electron chi connectivity index (χ1n) is 17.6. The van der Waals surface area contributed by atoms with E-state index in [9.17, 15) is 36.3 Å². The molecule has 1 aromatic carbocycles. The van der Waals surface area contributed by atoms with Gasteiger partial charge in [0.2, 0.25) is 15.9 Å². The second-order valence-corrected chi connectivity index (χ2v) is 18.9. The Kier molecular flexibility index (Phi) is 14.4. The Morgan fingerprint density at radius 2 is 1.75 bits per heavy atom. The molecule has 1 amide bonds. The van der Waals surface area contributed by atoms with Crippen LogP contribution in [0.2, 0.25) is 0 Å². The maximum absolute atomic E-state index is 13.5. The molecule has 1 aliphatic heterocycles. The normalized spacial score (nSPS) is 24.8. The Labute approximate surface area is 311 Å². The number of sulfone groups is 1. The summed E-state index contributed by atoms with van der Waals surface area (Å²) < 4.78 is 61.2. The number of rotatable bonds is 16. The number of hydrogen-bond donors (Lipinski definition) is 2. The van der Waals surface area contributed by atoms with Crippen LogP contribution in [-0.2, 0) is 50.1 Å². The number of carbonyl (C=O) groups is 3. The molecule has 1 aromatic heterocycles. The second-order valence-electron chi connectivity index (χ2n) is 13.5. The van der Waals surface area contributed by atoms with Crippen LogP contribution < -0.4 is 5.14 Å². The Bertz CT molecular complexity index is 1840. The second kappa shape index (κ2) is 18.1. The SMILES string of the molecule is CCN(C(=O)CCC/C=C\C[C@@H]1[C@@H](/C=C/[C@@H](O)CCc2ccccc2)[C@H](OC(C)=O)C[C@@H]1OC(C)=O)[C@H]1C[C@H](C)S(=O)(=O)c2sc(S(N)(=O)=O)cc21. The number of allylic oxidation sites excluding steroid dienone is 2. The molecule has 0 bridgehead atoms. The minimum absolute atomic E-state index is 0.0563. The van der Waals surface area contributed by atoms with Gasteiger partial charge in [-0.1, -0.05) is 54.6 Å². The fourth-order valence-electron chi connectivity index (χ4n) is 7.12. The molecule has 1 fully saturated rings. The molecule has 2 aliphatic rings. The number of amides is 1. The quantitative estimate of drug-likeness (QED) is 0.133. The lowest BCUT2D eigenvalue weighted by Gasteiger charge is -2.36. The molecule has 1 saturated carbocycles. The third-order valence-corrected chi connectivity index (χ3v) is 15.0. The Morgan fingerprint density at radius 3 is 2.38 bits per heavy atom. The summed E-state index contributed by atoms with van der Waals surface area (Å²) in [5.74, 6) is -1.57. The summed E-state index contributed by atoms with van der Waals surface area (Å²) in [5, 5.41) is 15.2. The topological polar surface area (TPSA) is 187 Å². The fraction of sp³-hybridized carbons (Fsp3) is 0.541. The van der Waals surface area contributed by atoms with Crippen molar-refractivity contribution in [2.24, 2.45) is 17.0 Å². The minimum atomic E-state index is -4.13. The number of esters is 2. The average Bonchev–Trinajstić information content (AvgIpc) is 3.66. The van der Waals surface area contributed by atoms with Crippen LogP contribution in [-0.4, -0.2) is 74.8 Å². The minimum Gasteiger partial charge on any atom is -0.462 e. The number of fused-ring (bicyclic) bond motifs is 1. The summed E-state index contributed by atoms with van der Waals surface area (Å²) in [7, 11) is -7.89. The summed E-state index contributed by atoms with van der Waals surface area (Å²) in [5.41, 5.74) is 1.41. The maximum atomic E-state index is 13.5. The molecule has 2 aromatic rings. The van der Waals surface area contributed by atoms with E-state index in [4.69, 9.17) is 14.6 Å². The van der Waals surface area contributed by atoms with Gasteiger partial charge < -0.3 is 19.5 Å². The summed E-state index contributed by atoms with van der Waals surface area (Å²) >= 11 is 0.628. The fourth-order valence-corrected chi connectivity index (χ4v) is 11.5. The number of nitrogens with two attached hydrogens (primary N) is 1. The van der Waals surface area contributed by atoms with Crippen molar-refractivity contribution in [1.29, 1.82) is 0 Å². The van der Waals surface area contributed by atoms with Gasteiger partial charge in [-0.25, -0.2) is 22.0 Å². The third kappa shape index (κ3) is 10.6. The molecule has 12 nitrogen and oxygen atoms in total. The van der Waals surface area contributed by atoms with E-state index in [1.807, 2.05) is 48.6 Å². The number of ether oxygens (including phenoxy) is 2. The van der Waals surface area contributed by atoms with Crippen molar-refractivity contribution in [1.82, 2.24) is 4.90 Å². The molecule has 3 N–H and O–H groups in total. The monoisotopic (exact) mass is 778 g/mol. The van der Waals surface area contributed by atoms with Crippen LogP contribution >= 0.6 is 11.3 Å². The van der Waals surface area contributed by atoms with E-state index in [1.54, 1.807) is 24.8 Å². The van der Waals surface area contributed by atoms with Gasteiger partial charge in [0.25, 0.3) is 0 Å². The van der Waals surface area contributed by atoms with E-state index < -0.39 is 61.4 Å². The van der Waals surface area contributed by atoms with E-state index in [0.29, 0.717) is 62.0 Å². The number of thiophene rings is 1. The average molecular weight is 779 g/mol. The van der Waals surface area contributed by atoms with Crippen molar-refractivity contribution < 1.29 is 45.8 Å². The van der Waals surface area contributed by atoms with Crippen molar-refractivity contribution in [3.8, 4) is 0 Å². The summed E-state index contributed by atoms with van der Waals surface area (Å²) in [6.07, 6.45) is 9.22. The van der Waals surface area contributed by atoms with Gasteiger partial charge in [-0.15, -0.1) is 11.3 Å². The van der Waals surface area contributed by atoms with Crippen LogP contribution in [0.1, 0.15) is 89.8 Å². The number of benzene rings is 1. The van der Waals surface area contributed by atoms with Crippen LogP contribution in [0.25, 0.3) is 0 Å². The van der Waals surface area contributed by atoms with Crippen molar-refractivity contribution in [2.45, 2.75) is 117 Å². The highest BCUT2D eigenvalue weighted by Gasteiger charge is 2.45. The predicted molar refractivity (Wildman–Crippen MR) is 197 cm³/mol. The number of carbonyl (C=O) groups excluding carboxylic acids is 3. The van der Waals surface area contributed by atoms with Gasteiger partial charge in [0.15, 0.2) is 9.84 Å². The van der Waals surface area contributed by atoms with Gasteiger partial charge in [0.1, 0.15) is 20.6 Å². The highest BCUT2D eigenvalue weighted by molar-refractivity contribution is 7.95. The van der Waals surface area contributed by atoms with E-state index in [2.05, 4.69) is 0 Å². The van der Waals surface area contributed by atoms with Gasteiger partial charge in [0.05, 0.1) is 17.4 Å². The molecule has 0 saturated heterocycles. The Morgan fingerprint density at radius 1 is 1.08 bits per heavy atom. The van der Waals surface area contributed by atoms with Crippen molar-refractivity contribution in [3.05, 3.63) is 71.8 Å². The van der Waals surface area contributed by atoms with Crippen LogP contribution in [0, 0.1) is 11.8 Å². The molecule has 286 valence electrons. The molecular weight excluding hydrogens is 729 g/mol. The molecule has 0 unspecified atom stereocenters. The predicted octanol–water partition coefficient (Wildman–Crippen LogP) is 5.02. The standard InChI is InChI=1S/C37H50N2O10S3/c1-5-39(32-21-24(2)51(44,45)37-31(32)22-36(50-37)52(38,46)47)35(43)16-12-7-6-11-15-29-30(34(49-26(4)41)23-33(29)48-25(3)40)20-19-28(42)18-17-27-13-9-8-10-14-27/h6,8-11,13-14,19-20,22,24,28-30,32-34,42H,5,7,12,15-18,21,23H2,1-4H3,(H2,38,46,47)/b11-6-,20-19+/t24-,28-,29+,30+,32-,33-,34+/m0/s1. The lowest BCUT2D eigenvalue weighted by atomic mass is 9.89. The lowest BCUT2D eigenvalue weighted by Crippen LogP contribution is -2.40. The zero-order valence-electron chi connectivity index (χ0n) is 30.0. The summed E-state index contributed by atoms with van der Waals surface area (Å²) in [6, 6.07) is 10.5. The van der Waals surface area contributed by atoms with Crippen LogP contribution in [0.15, 0.2) is 69.1 Å². The summed E-state index contributed by atoms with van der Waals surface area (Å²) in [6.45, 7) is 6.35. The van der Waals surface area contributed by atoms with Gasteiger partial charge in [-0.05, 0) is 64.0 Å². The smallest absolute Gasteiger partial charge is 0.302 e. The lowest BCUT2D eigenvalue weighted by molar-refractivity contribution is -0.149. The first-order chi connectivity index (χ1) is 24.5. The zero-order chi connectivity index (χ0) is 38.2. The van der Waals surface area contributed by atoms with E-state index >= 15 is 0 Å². The number of unbranched alkanes of at least 4 members (excludes halogenated alkanes) is 1.